The average Bonchev–Trinajstić information content (AvgIpc) is 2.01. The first-order chi connectivity index (χ1) is 6.13. The van der Waals surface area contributed by atoms with Crippen LogP contribution in [0.25, 0.3) is 0 Å². The fourth-order valence-electron chi connectivity index (χ4n) is 1.41. The Morgan fingerprint density at radius 3 is 1.31 bits per heavy atom. The smallest absolute Gasteiger partial charge is 0.0512 e. The van der Waals surface area contributed by atoms with Crippen LogP contribution >= 0.6 is 0 Å². The van der Waals surface area contributed by atoms with Crippen LogP contribution in [0, 0.1) is 0 Å². The summed E-state index contributed by atoms with van der Waals surface area (Å²) >= 11 is 0. The molecule has 13 heavy (non-hydrogen) atoms. The minimum Gasteiger partial charge on any atom is -0.393 e. The Balaban J connectivity index is 2.92. The zero-order valence-corrected chi connectivity index (χ0v) is 9.00. The molecule has 0 unspecified atom stereocenters. The van der Waals surface area contributed by atoms with E-state index in [4.69, 9.17) is 10.2 Å². The van der Waals surface area contributed by atoms with Crippen LogP contribution in [0.3, 0.4) is 0 Å². The molecule has 0 aromatic carbocycles. The molecule has 0 rings (SSSR count). The van der Waals surface area contributed by atoms with Crippen molar-refractivity contribution in [2.75, 3.05) is 0 Å². The van der Waals surface area contributed by atoms with Gasteiger partial charge in [-0.25, -0.2) is 0 Å². The summed E-state index contributed by atoms with van der Waals surface area (Å²) in [6.45, 7) is 3.68. The molecule has 0 aliphatic heterocycles. The van der Waals surface area contributed by atoms with E-state index in [1.54, 1.807) is 0 Å². The molecule has 0 aliphatic carbocycles. The molecule has 0 amide bonds. The highest BCUT2D eigenvalue weighted by Gasteiger charge is 1.97. The fraction of sp³-hybridized carbons (Fsp3) is 1.00. The van der Waals surface area contributed by atoms with Crippen LogP contribution < -0.4 is 0 Å². The summed E-state index contributed by atoms with van der Waals surface area (Å²) in [5.41, 5.74) is 0. The third-order valence-corrected chi connectivity index (χ3v) is 2.24. The third-order valence-electron chi connectivity index (χ3n) is 2.24. The van der Waals surface area contributed by atoms with Crippen LogP contribution in [-0.2, 0) is 0 Å². The van der Waals surface area contributed by atoms with Crippen LogP contribution in [0.2, 0.25) is 0 Å². The zero-order valence-electron chi connectivity index (χ0n) is 9.00. The van der Waals surface area contributed by atoms with E-state index in [-0.39, 0.29) is 12.2 Å². The summed E-state index contributed by atoms with van der Waals surface area (Å²) in [6.07, 6.45) is 7.50. The van der Waals surface area contributed by atoms with E-state index in [9.17, 15) is 0 Å². The number of hydrogen-bond acceptors (Lipinski definition) is 2. The second kappa shape index (κ2) is 8.52. The average molecular weight is 188 g/mol. The molecule has 0 aromatic heterocycles. The normalized spacial score (nSPS) is 15.7. The van der Waals surface area contributed by atoms with Gasteiger partial charge in [-0.1, -0.05) is 32.1 Å². The highest BCUT2D eigenvalue weighted by molar-refractivity contribution is 4.51. The van der Waals surface area contributed by atoms with Gasteiger partial charge in [-0.2, -0.15) is 0 Å². The SMILES string of the molecule is C[C@H](O)CCCCCCC[C@H](C)O. The molecule has 0 spiro atoms. The molecule has 0 heterocycles. The summed E-state index contributed by atoms with van der Waals surface area (Å²) in [6, 6.07) is 0. The zero-order chi connectivity index (χ0) is 10.1. The Morgan fingerprint density at radius 1 is 0.692 bits per heavy atom. The van der Waals surface area contributed by atoms with Crippen LogP contribution in [0.4, 0.5) is 0 Å². The van der Waals surface area contributed by atoms with Crippen molar-refractivity contribution in [1.82, 2.24) is 0 Å². The molecule has 0 radical (unpaired) electrons. The Labute approximate surface area is 82.0 Å². The Bertz CT molecular complexity index is 88.3. The molecule has 2 nitrogen and oxygen atoms in total. The molecule has 0 aromatic rings. The van der Waals surface area contributed by atoms with Gasteiger partial charge in [-0.05, 0) is 26.7 Å². The number of aliphatic hydroxyl groups is 2. The highest BCUT2D eigenvalue weighted by Crippen LogP contribution is 2.09. The second-order valence-corrected chi connectivity index (χ2v) is 4.04. The van der Waals surface area contributed by atoms with E-state index in [1.165, 1.54) is 19.3 Å². The lowest BCUT2D eigenvalue weighted by Crippen LogP contribution is -1.99. The largest absolute Gasteiger partial charge is 0.393 e. The van der Waals surface area contributed by atoms with Crippen LogP contribution in [0.5, 0.6) is 0 Å². The first-order valence-corrected chi connectivity index (χ1v) is 5.49. The second-order valence-electron chi connectivity index (χ2n) is 4.04. The molecule has 2 heteroatoms. The molecule has 0 fully saturated rings. The molecule has 80 valence electrons. The molecule has 0 saturated carbocycles. The lowest BCUT2D eigenvalue weighted by atomic mass is 10.1. The van der Waals surface area contributed by atoms with Crippen molar-refractivity contribution in [2.45, 2.75) is 71.0 Å². The topological polar surface area (TPSA) is 40.5 Å². The lowest BCUT2D eigenvalue weighted by Gasteiger charge is -2.05. The number of hydrogen-bond donors (Lipinski definition) is 2. The van der Waals surface area contributed by atoms with Crippen molar-refractivity contribution in [3.63, 3.8) is 0 Å². The Kier molecular flexibility index (Phi) is 8.46. The van der Waals surface area contributed by atoms with Crippen LogP contribution in [0.1, 0.15) is 58.8 Å². The van der Waals surface area contributed by atoms with Gasteiger partial charge in [0.05, 0.1) is 12.2 Å². The van der Waals surface area contributed by atoms with Crippen molar-refractivity contribution in [1.29, 1.82) is 0 Å². The summed E-state index contributed by atoms with van der Waals surface area (Å²) in [5, 5.41) is 18.0. The molecular formula is C11H24O2. The minimum absolute atomic E-state index is 0.141. The predicted octanol–water partition coefficient (Wildman–Crippen LogP) is 2.48. The first kappa shape index (κ1) is 12.9. The highest BCUT2D eigenvalue weighted by atomic mass is 16.3. The standard InChI is InChI=1S/C11H24O2/c1-10(12)8-6-4-3-5-7-9-11(2)13/h10-13H,3-9H2,1-2H3/t10-,11-/m0/s1. The van der Waals surface area contributed by atoms with Gasteiger partial charge in [0.15, 0.2) is 0 Å². The monoisotopic (exact) mass is 188 g/mol. The van der Waals surface area contributed by atoms with Gasteiger partial charge in [0.2, 0.25) is 0 Å². The van der Waals surface area contributed by atoms with E-state index in [0.29, 0.717) is 0 Å². The van der Waals surface area contributed by atoms with Gasteiger partial charge >= 0.3 is 0 Å². The van der Waals surface area contributed by atoms with E-state index < -0.39 is 0 Å². The van der Waals surface area contributed by atoms with Crippen molar-refractivity contribution in [3.8, 4) is 0 Å². The summed E-state index contributed by atoms with van der Waals surface area (Å²) in [4.78, 5) is 0. The van der Waals surface area contributed by atoms with E-state index >= 15 is 0 Å². The molecule has 2 N–H and O–H groups in total. The van der Waals surface area contributed by atoms with Gasteiger partial charge in [0.1, 0.15) is 0 Å². The summed E-state index contributed by atoms with van der Waals surface area (Å²) in [5.74, 6) is 0. The maximum Gasteiger partial charge on any atom is 0.0512 e. The van der Waals surface area contributed by atoms with Gasteiger partial charge in [-0.15, -0.1) is 0 Å². The number of aliphatic hydroxyl groups excluding tert-OH is 2. The molecule has 0 bridgehead atoms. The van der Waals surface area contributed by atoms with E-state index in [0.717, 1.165) is 25.7 Å². The molecule has 0 aliphatic rings. The van der Waals surface area contributed by atoms with Crippen molar-refractivity contribution < 1.29 is 10.2 Å². The van der Waals surface area contributed by atoms with Crippen molar-refractivity contribution >= 4 is 0 Å². The molecule has 0 saturated heterocycles. The van der Waals surface area contributed by atoms with Crippen molar-refractivity contribution in [3.05, 3.63) is 0 Å². The maximum absolute atomic E-state index is 8.99. The van der Waals surface area contributed by atoms with Crippen LogP contribution in [0.15, 0.2) is 0 Å². The number of rotatable bonds is 8. The quantitative estimate of drug-likeness (QED) is 0.574. The van der Waals surface area contributed by atoms with Crippen molar-refractivity contribution in [2.24, 2.45) is 0 Å². The predicted molar refractivity (Wildman–Crippen MR) is 55.7 cm³/mol. The van der Waals surface area contributed by atoms with E-state index in [2.05, 4.69) is 0 Å². The third kappa shape index (κ3) is 11.9. The van der Waals surface area contributed by atoms with E-state index in [1.807, 2.05) is 13.8 Å². The minimum atomic E-state index is -0.141. The van der Waals surface area contributed by atoms with Gasteiger partial charge in [0.25, 0.3) is 0 Å². The van der Waals surface area contributed by atoms with Crippen LogP contribution in [-0.4, -0.2) is 22.4 Å². The van der Waals surface area contributed by atoms with Gasteiger partial charge < -0.3 is 10.2 Å². The van der Waals surface area contributed by atoms with Gasteiger partial charge in [0, 0.05) is 0 Å². The number of unbranched alkanes of at least 4 members (excludes halogenated alkanes) is 4. The summed E-state index contributed by atoms with van der Waals surface area (Å²) in [7, 11) is 0. The summed E-state index contributed by atoms with van der Waals surface area (Å²) < 4.78 is 0. The van der Waals surface area contributed by atoms with Gasteiger partial charge in [-0.3, -0.25) is 0 Å². The maximum atomic E-state index is 8.99. The fourth-order valence-corrected chi connectivity index (χ4v) is 1.41. The Morgan fingerprint density at radius 2 is 1.00 bits per heavy atom. The Hall–Kier alpha value is -0.0800. The molecule has 2 atom stereocenters. The first-order valence-electron chi connectivity index (χ1n) is 5.49. The lowest BCUT2D eigenvalue weighted by molar-refractivity contribution is 0.177. The molecular weight excluding hydrogens is 164 g/mol.